The first kappa shape index (κ1) is 25.0. The maximum absolute atomic E-state index is 13.7. The van der Waals surface area contributed by atoms with Crippen molar-refractivity contribution in [3.8, 4) is 11.4 Å². The van der Waals surface area contributed by atoms with E-state index in [0.29, 0.717) is 35.7 Å². The monoisotopic (exact) mass is 482 g/mol. The molecule has 2 atom stereocenters. The molecule has 4 rings (SSSR count). The lowest BCUT2D eigenvalue weighted by molar-refractivity contribution is 0.0142. The summed E-state index contributed by atoms with van der Waals surface area (Å²) in [7, 11) is 0. The number of fused-ring (bicyclic) bond motifs is 1. The molecular weight excluding hydrogens is 447 g/mol. The number of hydrogen-bond donors (Lipinski definition) is 1. The molecule has 1 aliphatic rings. The number of carbonyl (C=O) groups excluding carboxylic acids is 1. The molecule has 0 aliphatic carbocycles. The van der Waals surface area contributed by atoms with E-state index >= 15 is 0 Å². The van der Waals surface area contributed by atoms with Crippen molar-refractivity contribution < 1.29 is 9.18 Å². The Labute approximate surface area is 205 Å². The molecule has 0 bridgehead atoms. The fourth-order valence-electron chi connectivity index (χ4n) is 4.78. The zero-order valence-corrected chi connectivity index (χ0v) is 20.9. The summed E-state index contributed by atoms with van der Waals surface area (Å²) in [4.78, 5) is 41.8. The lowest BCUT2D eigenvalue weighted by atomic mass is 9.90. The Hall–Kier alpha value is -3.10. The van der Waals surface area contributed by atoms with E-state index < -0.39 is 6.67 Å². The van der Waals surface area contributed by atoms with Crippen LogP contribution in [0.5, 0.6) is 0 Å². The maximum atomic E-state index is 13.7. The fourth-order valence-corrected chi connectivity index (χ4v) is 4.78. The summed E-state index contributed by atoms with van der Waals surface area (Å²) in [6.45, 7) is 5.73. The molecule has 9 heteroatoms. The average Bonchev–Trinajstić information content (AvgIpc) is 3.23. The first-order valence-corrected chi connectivity index (χ1v) is 12.8. The number of carbonyl (C=O) groups is 1. The Balaban J connectivity index is 1.67. The first-order chi connectivity index (χ1) is 17.0. The van der Waals surface area contributed by atoms with Crippen LogP contribution in [0.4, 0.5) is 4.39 Å². The van der Waals surface area contributed by atoms with Gasteiger partial charge in [0.2, 0.25) is 0 Å². The van der Waals surface area contributed by atoms with Crippen molar-refractivity contribution >= 4 is 11.6 Å². The van der Waals surface area contributed by atoms with Crippen LogP contribution in [-0.4, -0.2) is 54.6 Å². The predicted octanol–water partition coefficient (Wildman–Crippen LogP) is 4.51. The van der Waals surface area contributed by atoms with Crippen molar-refractivity contribution in [1.29, 1.82) is 0 Å². The summed E-state index contributed by atoms with van der Waals surface area (Å²) in [5.74, 6) is -0.449. The third kappa shape index (κ3) is 5.13. The van der Waals surface area contributed by atoms with Crippen molar-refractivity contribution in [3.05, 3.63) is 45.8 Å². The number of amides is 1. The van der Waals surface area contributed by atoms with Gasteiger partial charge in [-0.3, -0.25) is 29.0 Å². The molecule has 3 aromatic rings. The summed E-state index contributed by atoms with van der Waals surface area (Å²) >= 11 is 0. The number of likely N-dealkylation sites (tertiary alicyclic amines) is 1. The second-order valence-corrected chi connectivity index (χ2v) is 9.58. The Morgan fingerprint density at radius 2 is 1.86 bits per heavy atom. The van der Waals surface area contributed by atoms with Gasteiger partial charge in [0.25, 0.3) is 11.5 Å². The number of hydrogen-bond acceptors (Lipinski definition) is 5. The van der Waals surface area contributed by atoms with E-state index in [0.717, 1.165) is 12.8 Å². The van der Waals surface area contributed by atoms with Crippen molar-refractivity contribution in [1.82, 2.24) is 29.5 Å². The topological polar surface area (TPSA) is 96.2 Å². The van der Waals surface area contributed by atoms with Crippen LogP contribution in [0.1, 0.15) is 80.5 Å². The van der Waals surface area contributed by atoms with Gasteiger partial charge in [0.1, 0.15) is 11.3 Å². The number of nitrogens with zero attached hydrogens (tertiary/aromatic N) is 5. The highest BCUT2D eigenvalue weighted by atomic mass is 19.1. The second kappa shape index (κ2) is 11.1. The number of aryl methyl sites for hydroxylation is 2. The van der Waals surface area contributed by atoms with Crippen LogP contribution in [0.15, 0.2) is 23.3 Å². The standard InChI is InChI=1S/C26H35FN6O2/c1-4-5-6-7-8-9-10-11-20-14-21(34)33-25(30-20)22(26(35)32-16-19(15-27)18(32)3)24(31-33)23-17(2)28-12-13-29-23/h12-14,18-19,31H,4-11,15-16H2,1-3H3/t18-,19-/m0/s1. The number of aromatic amines is 1. The number of aromatic nitrogens is 5. The highest BCUT2D eigenvalue weighted by molar-refractivity contribution is 6.05. The summed E-state index contributed by atoms with van der Waals surface area (Å²) in [6.07, 6.45) is 12.0. The first-order valence-electron chi connectivity index (χ1n) is 12.8. The van der Waals surface area contributed by atoms with E-state index in [1.54, 1.807) is 24.2 Å². The van der Waals surface area contributed by atoms with Gasteiger partial charge in [-0.25, -0.2) is 9.50 Å². The highest BCUT2D eigenvalue weighted by Crippen LogP contribution is 2.32. The van der Waals surface area contributed by atoms with E-state index in [1.165, 1.54) is 42.7 Å². The molecule has 0 saturated carbocycles. The largest absolute Gasteiger partial charge is 0.335 e. The molecular formula is C26H35FN6O2. The van der Waals surface area contributed by atoms with Crippen molar-refractivity contribution in [2.45, 2.75) is 78.2 Å². The Morgan fingerprint density at radius 1 is 1.14 bits per heavy atom. The lowest BCUT2D eigenvalue weighted by Gasteiger charge is -2.45. The lowest BCUT2D eigenvalue weighted by Crippen LogP contribution is -2.58. The van der Waals surface area contributed by atoms with Crippen LogP contribution in [-0.2, 0) is 6.42 Å². The maximum Gasteiger partial charge on any atom is 0.272 e. The van der Waals surface area contributed by atoms with Gasteiger partial charge in [-0.05, 0) is 26.7 Å². The van der Waals surface area contributed by atoms with Gasteiger partial charge in [-0.15, -0.1) is 0 Å². The zero-order valence-electron chi connectivity index (χ0n) is 20.9. The van der Waals surface area contributed by atoms with Crippen molar-refractivity contribution in [2.75, 3.05) is 13.2 Å². The Bertz CT molecular complexity index is 1240. The normalized spacial score (nSPS) is 17.7. The molecule has 1 fully saturated rings. The van der Waals surface area contributed by atoms with Crippen LogP contribution < -0.4 is 5.56 Å². The van der Waals surface area contributed by atoms with E-state index in [1.807, 2.05) is 6.92 Å². The van der Waals surface area contributed by atoms with Gasteiger partial charge < -0.3 is 4.90 Å². The minimum Gasteiger partial charge on any atom is -0.335 e. The molecule has 8 nitrogen and oxygen atoms in total. The molecule has 1 amide bonds. The van der Waals surface area contributed by atoms with Gasteiger partial charge in [-0.1, -0.05) is 45.4 Å². The van der Waals surface area contributed by atoms with Crippen molar-refractivity contribution in [2.24, 2.45) is 5.92 Å². The summed E-state index contributed by atoms with van der Waals surface area (Å²) in [5.41, 5.74) is 2.51. The molecule has 1 saturated heterocycles. The Kier molecular flexibility index (Phi) is 7.93. The zero-order chi connectivity index (χ0) is 24.9. The number of H-pyrrole nitrogens is 1. The van der Waals surface area contributed by atoms with Gasteiger partial charge >= 0.3 is 0 Å². The van der Waals surface area contributed by atoms with E-state index in [9.17, 15) is 14.0 Å². The third-order valence-electron chi connectivity index (χ3n) is 7.10. The molecule has 1 N–H and O–H groups in total. The summed E-state index contributed by atoms with van der Waals surface area (Å²) < 4.78 is 14.5. The fraction of sp³-hybridized carbons (Fsp3) is 0.577. The SMILES string of the molecule is CCCCCCCCCc1cc(=O)n2[nH]c(-c3nccnc3C)c(C(=O)N3C[C@H](CF)[C@@H]3C)c2n1. The van der Waals surface area contributed by atoms with Gasteiger partial charge in [0, 0.05) is 42.7 Å². The van der Waals surface area contributed by atoms with Crippen LogP contribution in [0.25, 0.3) is 17.0 Å². The molecule has 3 aromatic heterocycles. The average molecular weight is 483 g/mol. The van der Waals surface area contributed by atoms with Gasteiger partial charge in [-0.2, -0.15) is 0 Å². The molecule has 35 heavy (non-hydrogen) atoms. The molecule has 188 valence electrons. The number of unbranched alkanes of at least 4 members (excludes halogenated alkanes) is 6. The highest BCUT2D eigenvalue weighted by Gasteiger charge is 2.41. The quantitative estimate of drug-likeness (QED) is 0.406. The Morgan fingerprint density at radius 3 is 2.54 bits per heavy atom. The van der Waals surface area contributed by atoms with E-state index in [4.69, 9.17) is 4.98 Å². The minimum absolute atomic E-state index is 0.172. The number of halogens is 1. The van der Waals surface area contributed by atoms with Gasteiger partial charge in [0.15, 0.2) is 5.65 Å². The van der Waals surface area contributed by atoms with Crippen LogP contribution >= 0.6 is 0 Å². The van der Waals surface area contributed by atoms with Crippen LogP contribution in [0, 0.1) is 12.8 Å². The number of rotatable bonds is 11. The van der Waals surface area contributed by atoms with E-state index in [-0.39, 0.29) is 34.6 Å². The summed E-state index contributed by atoms with van der Waals surface area (Å²) in [6, 6.07) is 1.31. The molecule has 1 aliphatic heterocycles. The third-order valence-corrected chi connectivity index (χ3v) is 7.10. The van der Waals surface area contributed by atoms with Gasteiger partial charge in [0.05, 0.1) is 18.1 Å². The van der Waals surface area contributed by atoms with Crippen molar-refractivity contribution in [3.63, 3.8) is 0 Å². The molecule has 0 radical (unpaired) electrons. The molecule has 0 spiro atoms. The van der Waals surface area contributed by atoms with E-state index in [2.05, 4.69) is 22.0 Å². The second-order valence-electron chi connectivity index (χ2n) is 9.58. The molecule has 4 heterocycles. The number of alkyl halides is 1. The summed E-state index contributed by atoms with van der Waals surface area (Å²) in [5, 5.41) is 3.05. The minimum atomic E-state index is -0.463. The molecule has 0 unspecified atom stereocenters. The van der Waals surface area contributed by atoms with Crippen LogP contribution in [0.3, 0.4) is 0 Å². The number of nitrogens with one attached hydrogen (secondary N) is 1. The smallest absolute Gasteiger partial charge is 0.272 e. The van der Waals surface area contributed by atoms with Crippen LogP contribution in [0.2, 0.25) is 0 Å². The predicted molar refractivity (Wildman–Crippen MR) is 133 cm³/mol. The molecule has 0 aromatic carbocycles.